The predicted octanol–water partition coefficient (Wildman–Crippen LogP) is 4.41. The molecule has 0 bridgehead atoms. The van der Waals surface area contributed by atoms with Crippen molar-refractivity contribution in [2.45, 2.75) is 13.8 Å². The second kappa shape index (κ2) is 7.48. The van der Waals surface area contributed by atoms with E-state index in [1.54, 1.807) is 18.2 Å². The maximum atomic E-state index is 12.2. The summed E-state index contributed by atoms with van der Waals surface area (Å²) in [5, 5.41) is 15.4. The number of benzene rings is 2. The number of halogens is 1. The molecule has 0 heterocycles. The molecule has 2 aromatic rings. The monoisotopic (exact) mass is 325 g/mol. The highest BCUT2D eigenvalue weighted by Gasteiger charge is 2.11. The number of carbonyl (C=O) groups excluding carboxylic acids is 1. The van der Waals surface area contributed by atoms with E-state index in [-0.39, 0.29) is 5.57 Å². The molecule has 0 radical (unpaired) electrons. The Bertz CT molecular complexity index is 806. The first-order valence-corrected chi connectivity index (χ1v) is 7.38. The summed E-state index contributed by atoms with van der Waals surface area (Å²) >= 11 is 5.93. The van der Waals surface area contributed by atoms with E-state index in [4.69, 9.17) is 11.6 Å². The van der Waals surface area contributed by atoms with E-state index in [0.29, 0.717) is 10.7 Å². The molecule has 4 nitrogen and oxygen atoms in total. The number of nitrogens with one attached hydrogen (secondary N) is 2. The highest BCUT2D eigenvalue weighted by Crippen LogP contribution is 2.20. The van der Waals surface area contributed by atoms with Crippen LogP contribution in [0, 0.1) is 25.2 Å². The Morgan fingerprint density at radius 1 is 1.22 bits per heavy atom. The number of hydrogen-bond donors (Lipinski definition) is 2. The van der Waals surface area contributed by atoms with Crippen LogP contribution in [0.4, 0.5) is 11.4 Å². The van der Waals surface area contributed by atoms with E-state index in [9.17, 15) is 10.1 Å². The van der Waals surface area contributed by atoms with E-state index in [0.717, 1.165) is 16.8 Å². The van der Waals surface area contributed by atoms with Gasteiger partial charge in [-0.2, -0.15) is 5.26 Å². The number of amides is 1. The Kier molecular flexibility index (Phi) is 5.40. The highest BCUT2D eigenvalue weighted by molar-refractivity contribution is 6.31. The standard InChI is InChI=1S/C18H16ClN3O/c1-12-4-3-5-16(8-12)21-11-14(10-20)18(23)22-17-9-15(19)7-6-13(17)2/h3-9,11,21H,1-2H3,(H,22,23)/b14-11-. The Morgan fingerprint density at radius 2 is 2.00 bits per heavy atom. The first-order chi connectivity index (χ1) is 11.0. The summed E-state index contributed by atoms with van der Waals surface area (Å²) < 4.78 is 0. The van der Waals surface area contributed by atoms with Crippen LogP contribution in [-0.4, -0.2) is 5.91 Å². The molecule has 23 heavy (non-hydrogen) atoms. The largest absolute Gasteiger partial charge is 0.360 e. The molecule has 2 rings (SSSR count). The van der Waals surface area contributed by atoms with E-state index in [2.05, 4.69) is 10.6 Å². The van der Waals surface area contributed by atoms with Crippen LogP contribution in [0.1, 0.15) is 11.1 Å². The molecule has 0 saturated carbocycles. The van der Waals surface area contributed by atoms with Gasteiger partial charge in [-0.1, -0.05) is 29.8 Å². The van der Waals surface area contributed by atoms with Crippen molar-refractivity contribution in [1.29, 1.82) is 5.26 Å². The SMILES string of the molecule is Cc1cccc(N/C=C(/C#N)C(=O)Nc2cc(Cl)ccc2C)c1. The first-order valence-electron chi connectivity index (χ1n) is 7.00. The molecule has 2 aromatic carbocycles. The van der Waals surface area contributed by atoms with Crippen molar-refractivity contribution in [3.63, 3.8) is 0 Å². The average Bonchev–Trinajstić information content (AvgIpc) is 2.51. The Morgan fingerprint density at radius 3 is 2.70 bits per heavy atom. The lowest BCUT2D eigenvalue weighted by Gasteiger charge is -2.08. The molecule has 0 aromatic heterocycles. The third kappa shape index (κ3) is 4.60. The van der Waals surface area contributed by atoms with Gasteiger partial charge in [-0.15, -0.1) is 0 Å². The van der Waals surface area contributed by atoms with Crippen LogP contribution in [0.25, 0.3) is 0 Å². The van der Waals surface area contributed by atoms with Crippen molar-refractivity contribution in [3.8, 4) is 6.07 Å². The number of hydrogen-bond acceptors (Lipinski definition) is 3. The van der Waals surface area contributed by atoms with Crippen LogP contribution in [0.5, 0.6) is 0 Å². The van der Waals surface area contributed by atoms with Gasteiger partial charge in [0.1, 0.15) is 11.6 Å². The molecule has 0 atom stereocenters. The predicted molar refractivity (Wildman–Crippen MR) is 93.3 cm³/mol. The number of rotatable bonds is 4. The number of nitriles is 1. The van der Waals surface area contributed by atoms with E-state index >= 15 is 0 Å². The summed E-state index contributed by atoms with van der Waals surface area (Å²) in [5.41, 5.74) is 3.32. The molecule has 1 amide bonds. The fourth-order valence-corrected chi connectivity index (χ4v) is 2.13. The fraction of sp³-hybridized carbons (Fsp3) is 0.111. The summed E-state index contributed by atoms with van der Waals surface area (Å²) in [6, 6.07) is 14.7. The van der Waals surface area contributed by atoms with E-state index < -0.39 is 5.91 Å². The van der Waals surface area contributed by atoms with Gasteiger partial charge >= 0.3 is 0 Å². The topological polar surface area (TPSA) is 64.9 Å². The van der Waals surface area contributed by atoms with E-state index in [1.165, 1.54) is 6.20 Å². The number of aryl methyl sites for hydroxylation is 2. The van der Waals surface area contributed by atoms with Crippen molar-refractivity contribution in [2.75, 3.05) is 10.6 Å². The minimum absolute atomic E-state index is 0.0223. The summed E-state index contributed by atoms with van der Waals surface area (Å²) in [7, 11) is 0. The van der Waals surface area contributed by atoms with Gasteiger partial charge in [0, 0.05) is 22.6 Å². The quantitative estimate of drug-likeness (QED) is 0.646. The average molecular weight is 326 g/mol. The lowest BCUT2D eigenvalue weighted by molar-refractivity contribution is -0.112. The second-order valence-corrected chi connectivity index (χ2v) is 5.53. The minimum Gasteiger partial charge on any atom is -0.360 e. The lowest BCUT2D eigenvalue weighted by Crippen LogP contribution is -2.15. The van der Waals surface area contributed by atoms with Crippen molar-refractivity contribution in [3.05, 3.63) is 70.4 Å². The summed E-state index contributed by atoms with van der Waals surface area (Å²) in [4.78, 5) is 12.2. The van der Waals surface area contributed by atoms with Gasteiger partial charge in [-0.05, 0) is 49.2 Å². The normalized spacial score (nSPS) is 10.8. The van der Waals surface area contributed by atoms with Gasteiger partial charge in [0.2, 0.25) is 0 Å². The Labute approximate surface area is 140 Å². The molecule has 5 heteroatoms. The second-order valence-electron chi connectivity index (χ2n) is 5.10. The van der Waals surface area contributed by atoms with Crippen molar-refractivity contribution in [1.82, 2.24) is 0 Å². The van der Waals surface area contributed by atoms with Gasteiger partial charge in [0.15, 0.2) is 0 Å². The van der Waals surface area contributed by atoms with Crippen molar-refractivity contribution >= 4 is 28.9 Å². The summed E-state index contributed by atoms with van der Waals surface area (Å²) in [6.07, 6.45) is 1.39. The van der Waals surface area contributed by atoms with Gasteiger partial charge in [-0.3, -0.25) is 4.79 Å². The van der Waals surface area contributed by atoms with Crippen LogP contribution in [-0.2, 0) is 4.79 Å². The summed E-state index contributed by atoms with van der Waals surface area (Å²) in [6.45, 7) is 3.82. The highest BCUT2D eigenvalue weighted by atomic mass is 35.5. The van der Waals surface area contributed by atoms with Crippen LogP contribution in [0.3, 0.4) is 0 Å². The number of anilines is 2. The van der Waals surface area contributed by atoms with Gasteiger partial charge < -0.3 is 10.6 Å². The van der Waals surface area contributed by atoms with Gasteiger partial charge in [0.05, 0.1) is 0 Å². The molecule has 0 unspecified atom stereocenters. The Balaban J connectivity index is 2.14. The van der Waals surface area contributed by atoms with Crippen LogP contribution < -0.4 is 10.6 Å². The number of nitrogens with zero attached hydrogens (tertiary/aromatic N) is 1. The molecule has 0 aliphatic carbocycles. The van der Waals surface area contributed by atoms with Crippen LogP contribution >= 0.6 is 11.6 Å². The minimum atomic E-state index is -0.488. The zero-order valence-electron chi connectivity index (χ0n) is 12.9. The first kappa shape index (κ1) is 16.6. The zero-order chi connectivity index (χ0) is 16.8. The lowest BCUT2D eigenvalue weighted by atomic mass is 10.2. The smallest absolute Gasteiger partial charge is 0.267 e. The Hall–Kier alpha value is -2.77. The molecule has 0 aliphatic rings. The summed E-state index contributed by atoms with van der Waals surface area (Å²) in [5.74, 6) is -0.488. The third-order valence-corrected chi connectivity index (χ3v) is 3.45. The maximum absolute atomic E-state index is 12.2. The molecule has 0 spiro atoms. The molecular formula is C18H16ClN3O. The van der Waals surface area contributed by atoms with Crippen LogP contribution in [0.2, 0.25) is 5.02 Å². The van der Waals surface area contributed by atoms with E-state index in [1.807, 2.05) is 44.2 Å². The molecule has 2 N–H and O–H groups in total. The third-order valence-electron chi connectivity index (χ3n) is 3.21. The number of carbonyl (C=O) groups is 1. The van der Waals surface area contributed by atoms with Gasteiger partial charge in [-0.25, -0.2) is 0 Å². The molecular weight excluding hydrogens is 310 g/mol. The van der Waals surface area contributed by atoms with Gasteiger partial charge in [0.25, 0.3) is 5.91 Å². The zero-order valence-corrected chi connectivity index (χ0v) is 13.6. The van der Waals surface area contributed by atoms with Crippen molar-refractivity contribution < 1.29 is 4.79 Å². The van der Waals surface area contributed by atoms with Crippen molar-refractivity contribution in [2.24, 2.45) is 0 Å². The maximum Gasteiger partial charge on any atom is 0.267 e. The fourth-order valence-electron chi connectivity index (χ4n) is 1.96. The molecule has 116 valence electrons. The molecule has 0 saturated heterocycles. The molecule has 0 fully saturated rings. The molecule has 0 aliphatic heterocycles. The van der Waals surface area contributed by atoms with Crippen LogP contribution in [0.15, 0.2) is 54.2 Å².